The average Bonchev–Trinajstić information content (AvgIpc) is 2.15. The summed E-state index contributed by atoms with van der Waals surface area (Å²) in [5, 5.41) is 3.92. The summed E-state index contributed by atoms with van der Waals surface area (Å²) in [6.45, 7) is 6.36. The Balaban J connectivity index is 2.77. The zero-order chi connectivity index (χ0) is 9.68. The van der Waals surface area contributed by atoms with Crippen molar-refractivity contribution in [1.82, 2.24) is 4.98 Å². The highest BCUT2D eigenvalue weighted by Gasteiger charge is 1.97. The molecular weight excluding hydrogens is 164 g/mol. The van der Waals surface area contributed by atoms with Crippen molar-refractivity contribution in [1.29, 1.82) is 0 Å². The third kappa shape index (κ3) is 2.86. The summed E-state index contributed by atoms with van der Waals surface area (Å²) in [4.78, 5) is 9.11. The van der Waals surface area contributed by atoms with E-state index in [1.54, 1.807) is 6.20 Å². The van der Waals surface area contributed by atoms with Gasteiger partial charge in [-0.15, -0.1) is 0 Å². The number of rotatable bonds is 3. The molecule has 0 spiro atoms. The zero-order valence-electron chi connectivity index (χ0n) is 8.24. The number of oxime groups is 1. The summed E-state index contributed by atoms with van der Waals surface area (Å²) in [5.41, 5.74) is 2.86. The van der Waals surface area contributed by atoms with Gasteiger partial charge in [-0.05, 0) is 32.9 Å². The molecule has 0 saturated heterocycles. The molecule has 3 heteroatoms. The molecule has 0 bridgehead atoms. The first-order valence-corrected chi connectivity index (χ1v) is 4.33. The van der Waals surface area contributed by atoms with Gasteiger partial charge in [-0.25, -0.2) is 0 Å². The first-order chi connectivity index (χ1) is 6.24. The van der Waals surface area contributed by atoms with Gasteiger partial charge in [0, 0.05) is 17.5 Å². The molecule has 1 aromatic heterocycles. The fraction of sp³-hybridized carbons (Fsp3) is 0.400. The van der Waals surface area contributed by atoms with Crippen LogP contribution < -0.4 is 0 Å². The van der Waals surface area contributed by atoms with Crippen molar-refractivity contribution in [3.63, 3.8) is 0 Å². The molecule has 13 heavy (non-hydrogen) atoms. The number of hydrogen-bond donors (Lipinski definition) is 0. The van der Waals surface area contributed by atoms with Gasteiger partial charge < -0.3 is 4.84 Å². The Morgan fingerprint density at radius 2 is 2.31 bits per heavy atom. The molecule has 0 saturated carbocycles. The molecule has 0 N–H and O–H groups in total. The monoisotopic (exact) mass is 178 g/mol. The van der Waals surface area contributed by atoms with Gasteiger partial charge in [0.05, 0.1) is 5.71 Å². The normalized spacial score (nSPS) is 11.5. The fourth-order valence-corrected chi connectivity index (χ4v) is 0.896. The Hall–Kier alpha value is -1.38. The van der Waals surface area contributed by atoms with Crippen molar-refractivity contribution in [3.05, 3.63) is 29.6 Å². The van der Waals surface area contributed by atoms with Crippen LogP contribution in [0.5, 0.6) is 0 Å². The second-order valence-corrected chi connectivity index (χ2v) is 2.78. The van der Waals surface area contributed by atoms with Crippen molar-refractivity contribution in [2.45, 2.75) is 20.8 Å². The predicted octanol–water partition coefficient (Wildman–Crippen LogP) is 2.15. The molecule has 0 atom stereocenters. The summed E-state index contributed by atoms with van der Waals surface area (Å²) in [5.74, 6) is 0. The van der Waals surface area contributed by atoms with Crippen molar-refractivity contribution in [2.75, 3.05) is 6.61 Å². The van der Waals surface area contributed by atoms with Gasteiger partial charge in [0.1, 0.15) is 6.61 Å². The zero-order valence-corrected chi connectivity index (χ0v) is 8.24. The molecule has 0 aliphatic heterocycles. The van der Waals surface area contributed by atoms with Crippen LogP contribution in [0.15, 0.2) is 23.5 Å². The lowest BCUT2D eigenvalue weighted by Gasteiger charge is -2.00. The molecule has 0 amide bonds. The largest absolute Gasteiger partial charge is 0.396 e. The number of aromatic nitrogens is 1. The Kier molecular flexibility index (Phi) is 3.43. The van der Waals surface area contributed by atoms with E-state index in [0.29, 0.717) is 6.61 Å². The number of nitrogens with zero attached hydrogens (tertiary/aromatic N) is 2. The van der Waals surface area contributed by atoms with Crippen LogP contribution in [0.25, 0.3) is 0 Å². The number of aryl methyl sites for hydroxylation is 1. The highest BCUT2D eigenvalue weighted by Crippen LogP contribution is 2.01. The van der Waals surface area contributed by atoms with Crippen LogP contribution in [0, 0.1) is 6.92 Å². The third-order valence-corrected chi connectivity index (χ3v) is 1.66. The quantitative estimate of drug-likeness (QED) is 0.525. The van der Waals surface area contributed by atoms with Crippen LogP contribution >= 0.6 is 0 Å². The molecule has 0 unspecified atom stereocenters. The standard InChI is InChI=1S/C10H14N2O/c1-4-13-12-9(3)10-6-5-8(2)11-7-10/h5-7H,4H2,1-3H3/b12-9+. The molecule has 1 aromatic rings. The maximum absolute atomic E-state index is 4.94. The molecule has 0 fully saturated rings. The number of pyridine rings is 1. The molecule has 0 aliphatic rings. The van der Waals surface area contributed by atoms with Crippen molar-refractivity contribution >= 4 is 5.71 Å². The molecule has 0 aromatic carbocycles. The maximum Gasteiger partial charge on any atom is 0.114 e. The summed E-state index contributed by atoms with van der Waals surface area (Å²) in [7, 11) is 0. The maximum atomic E-state index is 4.94. The van der Waals surface area contributed by atoms with E-state index in [1.165, 1.54) is 0 Å². The van der Waals surface area contributed by atoms with Crippen LogP contribution in [0.3, 0.4) is 0 Å². The molecule has 1 heterocycles. The van der Waals surface area contributed by atoms with E-state index in [0.717, 1.165) is 17.0 Å². The predicted molar refractivity (Wildman–Crippen MR) is 52.8 cm³/mol. The van der Waals surface area contributed by atoms with E-state index < -0.39 is 0 Å². The third-order valence-electron chi connectivity index (χ3n) is 1.66. The van der Waals surface area contributed by atoms with Crippen molar-refractivity contribution in [3.8, 4) is 0 Å². The van der Waals surface area contributed by atoms with E-state index in [1.807, 2.05) is 32.9 Å². The topological polar surface area (TPSA) is 34.5 Å². The van der Waals surface area contributed by atoms with Gasteiger partial charge in [0.25, 0.3) is 0 Å². The minimum absolute atomic E-state index is 0.594. The van der Waals surface area contributed by atoms with Crippen molar-refractivity contribution in [2.24, 2.45) is 5.16 Å². The molecule has 3 nitrogen and oxygen atoms in total. The second-order valence-electron chi connectivity index (χ2n) is 2.78. The van der Waals surface area contributed by atoms with Gasteiger partial charge >= 0.3 is 0 Å². The highest BCUT2D eigenvalue weighted by molar-refractivity contribution is 5.97. The summed E-state index contributed by atoms with van der Waals surface area (Å²) in [6, 6.07) is 3.94. The Bertz CT molecular complexity index is 290. The summed E-state index contributed by atoms with van der Waals surface area (Å²) < 4.78 is 0. The average molecular weight is 178 g/mol. The van der Waals surface area contributed by atoms with Crippen LogP contribution in [-0.2, 0) is 4.84 Å². The molecular formula is C10H14N2O. The number of hydrogen-bond acceptors (Lipinski definition) is 3. The molecule has 70 valence electrons. The van der Waals surface area contributed by atoms with Gasteiger partial charge in [0.15, 0.2) is 0 Å². The molecule has 1 rings (SSSR count). The first kappa shape index (κ1) is 9.71. The van der Waals surface area contributed by atoms with Gasteiger partial charge in [0.2, 0.25) is 0 Å². The van der Waals surface area contributed by atoms with Gasteiger partial charge in [-0.1, -0.05) is 5.16 Å². The summed E-state index contributed by atoms with van der Waals surface area (Å²) in [6.07, 6.45) is 1.80. The van der Waals surface area contributed by atoms with E-state index in [9.17, 15) is 0 Å². The van der Waals surface area contributed by atoms with E-state index in [4.69, 9.17) is 4.84 Å². The van der Waals surface area contributed by atoms with E-state index >= 15 is 0 Å². The first-order valence-electron chi connectivity index (χ1n) is 4.33. The minimum atomic E-state index is 0.594. The van der Waals surface area contributed by atoms with Crippen LogP contribution in [0.4, 0.5) is 0 Å². The Morgan fingerprint density at radius 1 is 1.54 bits per heavy atom. The SMILES string of the molecule is CCO/N=C(\C)c1ccc(C)nc1. The van der Waals surface area contributed by atoms with Crippen LogP contribution in [0.2, 0.25) is 0 Å². The Morgan fingerprint density at radius 3 is 2.85 bits per heavy atom. The van der Waals surface area contributed by atoms with Crippen molar-refractivity contribution < 1.29 is 4.84 Å². The lowest BCUT2D eigenvalue weighted by Crippen LogP contribution is -1.97. The lowest BCUT2D eigenvalue weighted by atomic mass is 10.2. The smallest absolute Gasteiger partial charge is 0.114 e. The molecule has 0 aliphatic carbocycles. The molecule has 0 radical (unpaired) electrons. The van der Waals surface area contributed by atoms with Crippen LogP contribution in [-0.4, -0.2) is 17.3 Å². The minimum Gasteiger partial charge on any atom is -0.396 e. The summed E-state index contributed by atoms with van der Waals surface area (Å²) >= 11 is 0. The lowest BCUT2D eigenvalue weighted by molar-refractivity contribution is 0.159. The van der Waals surface area contributed by atoms with Gasteiger partial charge in [-0.2, -0.15) is 0 Å². The highest BCUT2D eigenvalue weighted by atomic mass is 16.6. The van der Waals surface area contributed by atoms with Crippen LogP contribution in [0.1, 0.15) is 25.1 Å². The van der Waals surface area contributed by atoms with E-state index in [-0.39, 0.29) is 0 Å². The fourth-order valence-electron chi connectivity index (χ4n) is 0.896. The van der Waals surface area contributed by atoms with Gasteiger partial charge in [-0.3, -0.25) is 4.98 Å². The second kappa shape index (κ2) is 4.60. The Labute approximate surface area is 78.4 Å². The van der Waals surface area contributed by atoms with E-state index in [2.05, 4.69) is 10.1 Å².